The van der Waals surface area contributed by atoms with Gasteiger partial charge in [-0.3, -0.25) is 14.9 Å². The molecule has 216 valence electrons. The number of nitro benzene ring substituents is 1. The Labute approximate surface area is 255 Å². The molecule has 0 spiro atoms. The Kier molecular flexibility index (Phi) is 9.25. The first-order chi connectivity index (χ1) is 20.9. The first kappa shape index (κ1) is 29.2. The molecular formula is C31H24ClN5O5S. The molecule has 0 radical (unpaired) electrons. The summed E-state index contributed by atoms with van der Waals surface area (Å²) in [4.78, 5) is 27.8. The van der Waals surface area contributed by atoms with Gasteiger partial charge in [0.2, 0.25) is 0 Å². The molecule has 0 saturated heterocycles. The van der Waals surface area contributed by atoms with Crippen LogP contribution >= 0.6 is 22.9 Å². The third kappa shape index (κ3) is 7.73. The van der Waals surface area contributed by atoms with Crippen molar-refractivity contribution in [1.82, 2.24) is 10.4 Å². The lowest BCUT2D eigenvalue weighted by Gasteiger charge is -2.11. The number of hydrazone groups is 1. The number of hydrogen-bond acceptors (Lipinski definition) is 9. The van der Waals surface area contributed by atoms with E-state index in [9.17, 15) is 14.9 Å². The van der Waals surface area contributed by atoms with E-state index in [2.05, 4.69) is 20.8 Å². The topological polar surface area (TPSA) is 128 Å². The zero-order chi connectivity index (χ0) is 30.2. The van der Waals surface area contributed by atoms with E-state index >= 15 is 0 Å². The van der Waals surface area contributed by atoms with Gasteiger partial charge in [-0.2, -0.15) is 5.10 Å². The number of non-ortho nitro benzene ring substituents is 1. The lowest BCUT2D eigenvalue weighted by molar-refractivity contribution is -0.384. The number of hydrogen-bond donors (Lipinski definition) is 2. The Morgan fingerprint density at radius 3 is 2.58 bits per heavy atom. The van der Waals surface area contributed by atoms with Crippen LogP contribution in [0.25, 0.3) is 11.3 Å². The van der Waals surface area contributed by atoms with E-state index < -0.39 is 4.92 Å². The minimum absolute atomic E-state index is 0.00516. The maximum atomic E-state index is 12.6. The van der Waals surface area contributed by atoms with Crippen LogP contribution in [0.2, 0.25) is 5.02 Å². The average Bonchev–Trinajstić information content (AvgIpc) is 3.50. The smallest absolute Gasteiger partial charge is 0.271 e. The lowest BCUT2D eigenvalue weighted by Crippen LogP contribution is -2.17. The van der Waals surface area contributed by atoms with Crippen molar-refractivity contribution in [2.45, 2.75) is 6.61 Å². The van der Waals surface area contributed by atoms with Crippen LogP contribution in [0.15, 0.2) is 101 Å². The lowest BCUT2D eigenvalue weighted by atomic mass is 10.1. The molecule has 2 N–H and O–H groups in total. The molecule has 0 aliphatic carbocycles. The Morgan fingerprint density at radius 1 is 1.05 bits per heavy atom. The van der Waals surface area contributed by atoms with Crippen molar-refractivity contribution in [3.8, 4) is 22.8 Å². The van der Waals surface area contributed by atoms with Crippen LogP contribution < -0.4 is 20.2 Å². The number of nitrogens with zero attached hydrogens (tertiary/aromatic N) is 3. The van der Waals surface area contributed by atoms with Gasteiger partial charge in [-0.1, -0.05) is 35.9 Å². The number of rotatable bonds is 11. The number of thiazole rings is 1. The van der Waals surface area contributed by atoms with E-state index in [4.69, 9.17) is 21.1 Å². The summed E-state index contributed by atoms with van der Waals surface area (Å²) < 4.78 is 11.2. The molecule has 43 heavy (non-hydrogen) atoms. The molecule has 1 heterocycles. The van der Waals surface area contributed by atoms with Crippen LogP contribution in [-0.2, 0) is 6.61 Å². The Bertz CT molecular complexity index is 1770. The minimum atomic E-state index is -0.452. The predicted octanol–water partition coefficient (Wildman–Crippen LogP) is 7.47. The second-order valence-corrected chi connectivity index (χ2v) is 10.4. The van der Waals surface area contributed by atoms with Crippen molar-refractivity contribution in [3.05, 3.63) is 128 Å². The molecule has 0 aliphatic heterocycles. The van der Waals surface area contributed by atoms with Crippen LogP contribution in [0.3, 0.4) is 0 Å². The summed E-state index contributed by atoms with van der Waals surface area (Å²) in [5, 5.41) is 21.7. The van der Waals surface area contributed by atoms with E-state index in [1.54, 1.807) is 42.5 Å². The van der Waals surface area contributed by atoms with E-state index in [0.29, 0.717) is 33.2 Å². The number of aromatic nitrogens is 1. The second kappa shape index (κ2) is 13.6. The highest BCUT2D eigenvalue weighted by molar-refractivity contribution is 7.14. The number of carbonyl (C=O) groups is 1. The summed E-state index contributed by atoms with van der Waals surface area (Å²) in [7, 11) is 1.50. The molecule has 0 aliphatic rings. The highest BCUT2D eigenvalue weighted by Gasteiger charge is 2.10. The molecule has 0 saturated carbocycles. The van der Waals surface area contributed by atoms with Crippen LogP contribution in [0.5, 0.6) is 11.5 Å². The van der Waals surface area contributed by atoms with Crippen molar-refractivity contribution < 1.29 is 19.2 Å². The largest absolute Gasteiger partial charge is 0.493 e. The molecule has 0 bridgehead atoms. The van der Waals surface area contributed by atoms with Gasteiger partial charge in [0.25, 0.3) is 11.6 Å². The molecule has 0 fully saturated rings. The number of halogens is 1. The summed E-state index contributed by atoms with van der Waals surface area (Å²) in [6.45, 7) is 0.129. The van der Waals surface area contributed by atoms with E-state index in [0.717, 1.165) is 22.1 Å². The van der Waals surface area contributed by atoms with Gasteiger partial charge in [0, 0.05) is 39.3 Å². The number of carbonyl (C=O) groups excluding carboxylic acids is 1. The number of amides is 1. The number of methoxy groups -OCH3 is 1. The summed E-state index contributed by atoms with van der Waals surface area (Å²) in [6, 6.07) is 25.8. The van der Waals surface area contributed by atoms with Gasteiger partial charge < -0.3 is 14.8 Å². The SMILES string of the molecule is COc1cc(/C=N\NC(=O)c2ccc(-c3csc(Nc4ccc(Cl)cc4)n3)cc2)ccc1OCc1cccc([N+](=O)[O-])c1. The monoisotopic (exact) mass is 613 g/mol. The van der Waals surface area contributed by atoms with Crippen molar-refractivity contribution >= 4 is 51.6 Å². The quantitative estimate of drug-likeness (QED) is 0.0898. The molecule has 1 amide bonds. The van der Waals surface area contributed by atoms with Gasteiger partial charge in [0.05, 0.1) is 23.9 Å². The zero-order valence-corrected chi connectivity index (χ0v) is 24.3. The molecule has 10 nitrogen and oxygen atoms in total. The first-order valence-electron chi connectivity index (χ1n) is 12.8. The molecule has 1 aromatic heterocycles. The van der Waals surface area contributed by atoms with Gasteiger partial charge in [0.15, 0.2) is 16.6 Å². The Morgan fingerprint density at radius 2 is 1.84 bits per heavy atom. The van der Waals surface area contributed by atoms with Crippen LogP contribution in [-0.4, -0.2) is 29.1 Å². The molecule has 0 unspecified atom stereocenters. The Hall–Kier alpha value is -5.26. The van der Waals surface area contributed by atoms with E-state index in [-0.39, 0.29) is 18.2 Å². The standard InChI is InChI=1S/C31H24ClN5O5S/c1-41-29-16-20(5-14-28(29)42-18-21-3-2-4-26(15-21)37(39)40)17-33-36-30(38)23-8-6-22(7-9-23)27-19-43-31(35-27)34-25-12-10-24(32)11-13-25/h2-17,19H,18H2,1H3,(H,34,35)(H,36,38)/b33-17-. The molecule has 5 aromatic rings. The van der Waals surface area contributed by atoms with E-state index in [1.165, 1.54) is 36.8 Å². The predicted molar refractivity (Wildman–Crippen MR) is 168 cm³/mol. The number of anilines is 2. The highest BCUT2D eigenvalue weighted by Crippen LogP contribution is 2.29. The average molecular weight is 614 g/mol. The van der Waals surface area contributed by atoms with Crippen molar-refractivity contribution in [3.63, 3.8) is 0 Å². The first-order valence-corrected chi connectivity index (χ1v) is 14.1. The van der Waals surface area contributed by atoms with Gasteiger partial charge in [-0.05, 0) is 65.7 Å². The molecule has 4 aromatic carbocycles. The maximum Gasteiger partial charge on any atom is 0.271 e. The summed E-state index contributed by atoms with van der Waals surface area (Å²) in [6.07, 6.45) is 1.49. The molecule has 12 heteroatoms. The van der Waals surface area contributed by atoms with Crippen molar-refractivity contribution in [2.75, 3.05) is 12.4 Å². The highest BCUT2D eigenvalue weighted by atomic mass is 35.5. The second-order valence-electron chi connectivity index (χ2n) is 9.07. The number of nitro groups is 1. The molecule has 5 rings (SSSR count). The number of benzene rings is 4. The minimum Gasteiger partial charge on any atom is -0.493 e. The maximum absolute atomic E-state index is 12.6. The number of ether oxygens (including phenoxy) is 2. The van der Waals surface area contributed by atoms with E-state index in [1.807, 2.05) is 41.8 Å². The third-order valence-electron chi connectivity index (χ3n) is 6.13. The van der Waals surface area contributed by atoms with Crippen LogP contribution in [0.1, 0.15) is 21.5 Å². The van der Waals surface area contributed by atoms with Crippen LogP contribution in [0, 0.1) is 10.1 Å². The fourth-order valence-corrected chi connectivity index (χ4v) is 4.81. The summed E-state index contributed by atoms with van der Waals surface area (Å²) in [5.41, 5.74) is 6.84. The fourth-order valence-electron chi connectivity index (χ4n) is 3.95. The van der Waals surface area contributed by atoms with Crippen LogP contribution in [0.4, 0.5) is 16.5 Å². The van der Waals surface area contributed by atoms with Gasteiger partial charge in [-0.25, -0.2) is 10.4 Å². The molecule has 0 atom stereocenters. The zero-order valence-electron chi connectivity index (χ0n) is 22.7. The summed E-state index contributed by atoms with van der Waals surface area (Å²) >= 11 is 7.42. The number of nitrogens with one attached hydrogen (secondary N) is 2. The third-order valence-corrected chi connectivity index (χ3v) is 7.14. The van der Waals surface area contributed by atoms with Gasteiger partial charge in [0.1, 0.15) is 6.61 Å². The van der Waals surface area contributed by atoms with Gasteiger partial charge in [-0.15, -0.1) is 11.3 Å². The summed E-state index contributed by atoms with van der Waals surface area (Å²) in [5.74, 6) is 0.545. The fraction of sp³-hybridized carbons (Fsp3) is 0.0645. The van der Waals surface area contributed by atoms with Crippen molar-refractivity contribution in [1.29, 1.82) is 0 Å². The Balaban J connectivity index is 1.16. The normalized spacial score (nSPS) is 10.8. The van der Waals surface area contributed by atoms with Gasteiger partial charge >= 0.3 is 0 Å². The molecular weight excluding hydrogens is 590 g/mol. The van der Waals surface area contributed by atoms with Crippen molar-refractivity contribution in [2.24, 2.45) is 5.10 Å².